The van der Waals surface area contributed by atoms with Crippen molar-refractivity contribution in [2.45, 2.75) is 38.3 Å². The van der Waals surface area contributed by atoms with E-state index in [1.165, 1.54) is 24.1 Å². The number of halogens is 2. The van der Waals surface area contributed by atoms with E-state index >= 15 is 0 Å². The van der Waals surface area contributed by atoms with Gasteiger partial charge in [0.1, 0.15) is 5.82 Å². The van der Waals surface area contributed by atoms with Gasteiger partial charge in [0.25, 0.3) is 0 Å². The summed E-state index contributed by atoms with van der Waals surface area (Å²) in [7, 11) is 0. The highest BCUT2D eigenvalue weighted by molar-refractivity contribution is 7.99. The van der Waals surface area contributed by atoms with Crippen LogP contribution in [0.15, 0.2) is 48.7 Å². The average molecular weight is 407 g/mol. The average Bonchev–Trinajstić information content (AvgIpc) is 3.01. The van der Waals surface area contributed by atoms with Crippen LogP contribution in [0, 0.1) is 5.82 Å². The largest absolute Gasteiger partial charge is 0.388 e. The summed E-state index contributed by atoms with van der Waals surface area (Å²) in [6.45, 7) is 5.60. The van der Waals surface area contributed by atoms with Crippen LogP contribution in [-0.4, -0.2) is 21.5 Å². The fourth-order valence-corrected chi connectivity index (χ4v) is 4.57. The fourth-order valence-electron chi connectivity index (χ4n) is 4.05. The Hall–Kier alpha value is -1.69. The molecule has 0 amide bonds. The number of benzene rings is 2. The molecule has 2 aromatic carbocycles. The summed E-state index contributed by atoms with van der Waals surface area (Å²) in [6.07, 6.45) is 4.43. The van der Waals surface area contributed by atoms with Crippen molar-refractivity contribution in [2.75, 3.05) is 11.0 Å². The van der Waals surface area contributed by atoms with E-state index in [1.807, 2.05) is 54.3 Å². The van der Waals surface area contributed by atoms with E-state index in [4.69, 9.17) is 11.6 Å². The topological polar surface area (TPSA) is 37.2 Å². The molecule has 0 radical (unpaired) electrons. The summed E-state index contributed by atoms with van der Waals surface area (Å²) in [5.74, 6) is -0.323. The van der Waals surface area contributed by atoms with E-state index in [1.54, 1.807) is 13.8 Å². The van der Waals surface area contributed by atoms with Crippen LogP contribution in [0.25, 0.3) is 10.9 Å². The number of fused-ring (bicyclic) bond motifs is 1. The molecule has 0 aliphatic rings. The van der Waals surface area contributed by atoms with E-state index < -0.39 is 11.1 Å². The van der Waals surface area contributed by atoms with Crippen molar-refractivity contribution in [3.8, 4) is 0 Å². The van der Waals surface area contributed by atoms with Crippen LogP contribution in [0.2, 0.25) is 5.02 Å². The minimum Gasteiger partial charge on any atom is -0.388 e. The van der Waals surface area contributed by atoms with Gasteiger partial charge in [-0.05, 0) is 56.2 Å². The maximum Gasteiger partial charge on any atom is 0.127 e. The smallest absolute Gasteiger partial charge is 0.127 e. The third-order valence-corrected chi connectivity index (χ3v) is 5.92. The summed E-state index contributed by atoms with van der Waals surface area (Å²) in [6, 6.07) is 12.5. The Kier molecular flexibility index (Phi) is 5.48. The second-order valence-electron chi connectivity index (χ2n) is 7.16. The van der Waals surface area contributed by atoms with Crippen LogP contribution in [0.5, 0.6) is 0 Å². The highest BCUT2D eigenvalue weighted by atomic mass is 35.5. The van der Waals surface area contributed by atoms with Gasteiger partial charge >= 0.3 is 0 Å². The molecule has 0 saturated carbocycles. The molecule has 0 aliphatic heterocycles. The summed E-state index contributed by atoms with van der Waals surface area (Å²) < 4.78 is 19.5. The van der Waals surface area contributed by atoms with Crippen molar-refractivity contribution in [1.82, 2.24) is 4.57 Å². The standard InChI is InChI=1S/C21H24ClFN2OS/c1-5-21(20(2,3)26,14-6-8-15(22)9-7-14)25-11-10-17-18(24-27-4)12-16(23)13-19(17)25/h6-13,24,26H,5H2,1-4H3. The molecule has 0 bridgehead atoms. The molecular weight excluding hydrogens is 383 g/mol. The summed E-state index contributed by atoms with van der Waals surface area (Å²) >= 11 is 7.50. The zero-order valence-electron chi connectivity index (χ0n) is 15.9. The molecule has 6 heteroatoms. The molecule has 0 aliphatic carbocycles. The zero-order chi connectivity index (χ0) is 19.8. The first-order valence-corrected chi connectivity index (χ1v) is 10.4. The van der Waals surface area contributed by atoms with Gasteiger partial charge in [-0.15, -0.1) is 0 Å². The van der Waals surface area contributed by atoms with E-state index in [2.05, 4.69) is 4.72 Å². The number of hydrogen-bond donors (Lipinski definition) is 2. The predicted molar refractivity (Wildman–Crippen MR) is 114 cm³/mol. The lowest BCUT2D eigenvalue weighted by molar-refractivity contribution is -0.0237. The van der Waals surface area contributed by atoms with Crippen molar-refractivity contribution >= 4 is 40.1 Å². The Bertz CT molecular complexity index is 949. The third-order valence-electron chi connectivity index (χ3n) is 5.24. The van der Waals surface area contributed by atoms with Crippen molar-refractivity contribution in [1.29, 1.82) is 0 Å². The molecular formula is C21H24ClFN2OS. The van der Waals surface area contributed by atoms with Crippen molar-refractivity contribution in [3.05, 3.63) is 65.1 Å². The van der Waals surface area contributed by atoms with Gasteiger partial charge in [0.05, 0.1) is 22.3 Å². The summed E-state index contributed by atoms with van der Waals surface area (Å²) in [5.41, 5.74) is 0.464. The summed E-state index contributed by atoms with van der Waals surface area (Å²) in [4.78, 5) is 0. The molecule has 0 saturated heterocycles. The number of rotatable bonds is 6. The quantitative estimate of drug-likeness (QED) is 0.489. The fraction of sp³-hybridized carbons (Fsp3) is 0.333. The van der Waals surface area contributed by atoms with Crippen LogP contribution in [0.4, 0.5) is 10.1 Å². The number of aliphatic hydroxyl groups is 1. The molecule has 3 aromatic rings. The van der Waals surface area contributed by atoms with E-state index in [9.17, 15) is 9.50 Å². The van der Waals surface area contributed by atoms with Crippen molar-refractivity contribution in [3.63, 3.8) is 0 Å². The van der Waals surface area contributed by atoms with E-state index in [0.717, 1.165) is 16.5 Å². The van der Waals surface area contributed by atoms with Crippen LogP contribution in [-0.2, 0) is 5.54 Å². The van der Waals surface area contributed by atoms with Crippen molar-refractivity contribution in [2.24, 2.45) is 0 Å². The van der Waals surface area contributed by atoms with Crippen LogP contribution in [0.3, 0.4) is 0 Å². The van der Waals surface area contributed by atoms with Crippen LogP contribution in [0.1, 0.15) is 32.8 Å². The third kappa shape index (κ3) is 3.33. The summed E-state index contributed by atoms with van der Waals surface area (Å²) in [5, 5.41) is 12.8. The Labute approximate surface area is 168 Å². The zero-order valence-corrected chi connectivity index (χ0v) is 17.5. The first-order chi connectivity index (χ1) is 12.7. The molecule has 1 unspecified atom stereocenters. The van der Waals surface area contributed by atoms with Gasteiger partial charge in [-0.25, -0.2) is 4.39 Å². The second-order valence-corrected chi connectivity index (χ2v) is 8.21. The molecule has 1 atom stereocenters. The van der Waals surface area contributed by atoms with Gasteiger partial charge in [0.15, 0.2) is 0 Å². The van der Waals surface area contributed by atoms with Gasteiger partial charge in [-0.2, -0.15) is 0 Å². The van der Waals surface area contributed by atoms with Gasteiger partial charge in [-0.1, -0.05) is 42.6 Å². The molecule has 27 heavy (non-hydrogen) atoms. The molecule has 0 fully saturated rings. The lowest BCUT2D eigenvalue weighted by Gasteiger charge is -2.45. The minimum atomic E-state index is -1.11. The minimum absolute atomic E-state index is 0.323. The molecule has 1 heterocycles. The van der Waals surface area contributed by atoms with E-state index in [0.29, 0.717) is 17.1 Å². The number of anilines is 1. The maximum absolute atomic E-state index is 14.4. The number of nitrogens with zero attached hydrogens (tertiary/aromatic N) is 1. The van der Waals surface area contributed by atoms with E-state index in [-0.39, 0.29) is 5.82 Å². The Morgan fingerprint density at radius 1 is 1.19 bits per heavy atom. The first-order valence-electron chi connectivity index (χ1n) is 8.83. The number of hydrogen-bond acceptors (Lipinski definition) is 3. The van der Waals surface area contributed by atoms with Crippen molar-refractivity contribution < 1.29 is 9.50 Å². The molecule has 1 aromatic heterocycles. The van der Waals surface area contributed by atoms with Gasteiger partial charge in [0.2, 0.25) is 0 Å². The highest BCUT2D eigenvalue weighted by Gasteiger charge is 2.46. The van der Waals surface area contributed by atoms with Crippen LogP contribution < -0.4 is 4.72 Å². The second kappa shape index (κ2) is 7.38. The molecule has 144 valence electrons. The Morgan fingerprint density at radius 2 is 1.85 bits per heavy atom. The molecule has 3 rings (SSSR count). The Balaban J connectivity index is 2.36. The monoisotopic (exact) mass is 406 g/mol. The maximum atomic E-state index is 14.4. The van der Waals surface area contributed by atoms with Gasteiger partial charge < -0.3 is 14.4 Å². The predicted octanol–water partition coefficient (Wildman–Crippen LogP) is 6.05. The number of aromatic nitrogens is 1. The molecule has 0 spiro atoms. The molecule has 2 N–H and O–H groups in total. The normalized spacial score (nSPS) is 14.3. The van der Waals surface area contributed by atoms with Gasteiger partial charge in [-0.3, -0.25) is 0 Å². The lowest BCUT2D eigenvalue weighted by atomic mass is 9.74. The van der Waals surface area contributed by atoms with Crippen LogP contribution >= 0.6 is 23.5 Å². The molecule has 3 nitrogen and oxygen atoms in total. The highest BCUT2D eigenvalue weighted by Crippen LogP contribution is 2.43. The lowest BCUT2D eigenvalue weighted by Crippen LogP contribution is -2.52. The van der Waals surface area contributed by atoms with Gasteiger partial charge in [0, 0.05) is 22.9 Å². The number of nitrogens with one attached hydrogen (secondary N) is 1. The first kappa shape index (κ1) is 20.1. The Morgan fingerprint density at radius 3 is 2.41 bits per heavy atom. The SMILES string of the molecule is CCC(c1ccc(Cl)cc1)(n1ccc2c(NSC)cc(F)cc21)C(C)(C)O.